The van der Waals surface area contributed by atoms with Crippen LogP contribution in [0.25, 0.3) is 0 Å². The summed E-state index contributed by atoms with van der Waals surface area (Å²) in [6.45, 7) is 4.77. The third kappa shape index (κ3) is 7.12. The van der Waals surface area contributed by atoms with Crippen LogP contribution in [0.3, 0.4) is 0 Å². The number of benzene rings is 2. The number of anilines is 1. The van der Waals surface area contributed by atoms with Crippen molar-refractivity contribution in [2.45, 2.75) is 70.2 Å². The van der Waals surface area contributed by atoms with Crippen LogP contribution < -0.4 is 20.3 Å². The van der Waals surface area contributed by atoms with E-state index in [9.17, 15) is 4.79 Å². The van der Waals surface area contributed by atoms with E-state index in [1.54, 1.807) is 0 Å². The molecule has 3 unspecified atom stereocenters. The predicted octanol–water partition coefficient (Wildman–Crippen LogP) is 4.75. The summed E-state index contributed by atoms with van der Waals surface area (Å²) >= 11 is 0. The molecule has 2 aliphatic rings. The molecule has 1 saturated heterocycles. The lowest BCUT2D eigenvalue weighted by Gasteiger charge is -2.40. The van der Waals surface area contributed by atoms with Crippen LogP contribution in [0.4, 0.5) is 10.5 Å². The van der Waals surface area contributed by atoms with Crippen LogP contribution >= 0.6 is 0 Å². The van der Waals surface area contributed by atoms with Crippen LogP contribution in [0.5, 0.6) is 5.75 Å². The zero-order valence-corrected chi connectivity index (χ0v) is 20.5. The van der Waals surface area contributed by atoms with Gasteiger partial charge in [-0.3, -0.25) is 0 Å². The quantitative estimate of drug-likeness (QED) is 0.572. The molecule has 7 heteroatoms. The summed E-state index contributed by atoms with van der Waals surface area (Å²) in [5, 5.41) is 16.0. The Balaban J connectivity index is 1.27. The van der Waals surface area contributed by atoms with E-state index in [0.717, 1.165) is 62.2 Å². The summed E-state index contributed by atoms with van der Waals surface area (Å²) in [5.74, 6) is 0.817. The predicted molar refractivity (Wildman–Crippen MR) is 137 cm³/mol. The first-order valence-electron chi connectivity index (χ1n) is 12.8. The van der Waals surface area contributed by atoms with Crippen molar-refractivity contribution in [3.8, 4) is 11.8 Å². The molecule has 1 heterocycles. The van der Waals surface area contributed by atoms with Crippen molar-refractivity contribution in [2.24, 2.45) is 0 Å². The molecule has 2 aromatic rings. The lowest BCUT2D eigenvalue weighted by Crippen LogP contribution is -2.57. The fraction of sp³-hybridized carbons (Fsp3) is 0.500. The maximum atomic E-state index is 12.6. The van der Waals surface area contributed by atoms with Gasteiger partial charge in [0.15, 0.2) is 0 Å². The summed E-state index contributed by atoms with van der Waals surface area (Å²) in [5.41, 5.74) is 2.78. The van der Waals surface area contributed by atoms with Crippen LogP contribution in [0.2, 0.25) is 0 Å². The van der Waals surface area contributed by atoms with Crippen molar-refractivity contribution in [3.05, 3.63) is 59.7 Å². The molecule has 1 aliphatic carbocycles. The Kier molecular flexibility index (Phi) is 8.85. The molecule has 35 heavy (non-hydrogen) atoms. The van der Waals surface area contributed by atoms with Gasteiger partial charge in [-0.2, -0.15) is 5.26 Å². The number of hydrogen-bond donors (Lipinski definition) is 2. The van der Waals surface area contributed by atoms with Crippen molar-refractivity contribution in [1.82, 2.24) is 10.6 Å². The number of piperidine rings is 1. The van der Waals surface area contributed by atoms with Crippen molar-refractivity contribution in [1.29, 1.82) is 5.26 Å². The largest absolute Gasteiger partial charge is 0.494 e. The van der Waals surface area contributed by atoms with Crippen LogP contribution in [0.1, 0.15) is 56.6 Å². The van der Waals surface area contributed by atoms with Gasteiger partial charge in [0.05, 0.1) is 18.2 Å². The lowest BCUT2D eigenvalue weighted by atomic mass is 9.89. The minimum Gasteiger partial charge on any atom is -0.494 e. The van der Waals surface area contributed by atoms with E-state index in [2.05, 4.69) is 21.6 Å². The van der Waals surface area contributed by atoms with Gasteiger partial charge in [-0.25, -0.2) is 4.79 Å². The molecule has 3 atom stereocenters. The monoisotopic (exact) mass is 476 g/mol. The van der Waals surface area contributed by atoms with Gasteiger partial charge in [-0.15, -0.1) is 0 Å². The van der Waals surface area contributed by atoms with E-state index in [1.165, 1.54) is 6.42 Å². The second kappa shape index (κ2) is 12.5. The highest BCUT2D eigenvalue weighted by molar-refractivity contribution is 5.67. The molecule has 1 amide bonds. The minimum atomic E-state index is -0.361. The summed E-state index contributed by atoms with van der Waals surface area (Å²) in [6.07, 6.45) is 6.18. The molecular formula is C28H36N4O3. The number of carbonyl (C=O) groups is 1. The van der Waals surface area contributed by atoms with Gasteiger partial charge in [-0.05, 0) is 74.6 Å². The molecule has 0 radical (unpaired) electrons. The Labute approximate surface area is 208 Å². The summed E-state index contributed by atoms with van der Waals surface area (Å²) in [4.78, 5) is 15.0. The topological polar surface area (TPSA) is 86.6 Å². The number of nitrogens with zero attached hydrogens (tertiary/aromatic N) is 2. The third-order valence-electron chi connectivity index (χ3n) is 6.91. The number of alkyl carbamates (subject to hydrolysis) is 1. The van der Waals surface area contributed by atoms with Gasteiger partial charge >= 0.3 is 6.09 Å². The Morgan fingerprint density at radius 1 is 1.03 bits per heavy atom. The van der Waals surface area contributed by atoms with E-state index in [4.69, 9.17) is 14.7 Å². The summed E-state index contributed by atoms with van der Waals surface area (Å²) < 4.78 is 11.0. The van der Waals surface area contributed by atoms with Crippen LogP contribution in [-0.2, 0) is 11.3 Å². The zero-order chi connectivity index (χ0) is 24.5. The third-order valence-corrected chi connectivity index (χ3v) is 6.91. The molecule has 0 bridgehead atoms. The van der Waals surface area contributed by atoms with E-state index in [-0.39, 0.29) is 24.8 Å². The molecule has 2 fully saturated rings. The number of nitriles is 1. The smallest absolute Gasteiger partial charge is 0.407 e. The molecule has 1 aliphatic heterocycles. The Bertz CT molecular complexity index is 987. The molecule has 2 aromatic carbocycles. The SMILES string of the molecule is CCOc1ccc(COC(=O)NC2CCCCC2NC2CCCN(c3ccc(C#N)cc3)C2)cc1. The second-order valence-corrected chi connectivity index (χ2v) is 9.41. The average molecular weight is 477 g/mol. The first-order chi connectivity index (χ1) is 17.1. The number of carbonyl (C=O) groups excluding carboxylic acids is 1. The van der Waals surface area contributed by atoms with Crippen LogP contribution in [0.15, 0.2) is 48.5 Å². The van der Waals surface area contributed by atoms with Crippen molar-refractivity contribution in [3.63, 3.8) is 0 Å². The first-order valence-corrected chi connectivity index (χ1v) is 12.8. The average Bonchev–Trinajstić information content (AvgIpc) is 2.90. The molecule has 1 saturated carbocycles. The van der Waals surface area contributed by atoms with Crippen molar-refractivity contribution < 1.29 is 14.3 Å². The van der Waals surface area contributed by atoms with Gasteiger partial charge < -0.3 is 25.0 Å². The van der Waals surface area contributed by atoms with Gasteiger partial charge in [0, 0.05) is 36.9 Å². The maximum absolute atomic E-state index is 12.6. The van der Waals surface area contributed by atoms with Gasteiger partial charge in [-0.1, -0.05) is 25.0 Å². The van der Waals surface area contributed by atoms with Crippen molar-refractivity contribution >= 4 is 11.8 Å². The van der Waals surface area contributed by atoms with Crippen LogP contribution in [-0.4, -0.2) is 43.9 Å². The minimum absolute atomic E-state index is 0.0712. The Hall–Kier alpha value is -3.24. The number of nitrogens with one attached hydrogen (secondary N) is 2. The Morgan fingerprint density at radius 3 is 2.49 bits per heavy atom. The van der Waals surface area contributed by atoms with Gasteiger partial charge in [0.2, 0.25) is 0 Å². The standard InChI is InChI=1S/C28H36N4O3/c1-2-34-25-15-11-22(12-16-25)20-35-28(33)31-27-8-4-3-7-26(27)30-23-6-5-17-32(19-23)24-13-9-21(18-29)10-14-24/h9-16,23,26-27,30H,2-8,17,19-20H2,1H3,(H,31,33). The molecule has 186 valence electrons. The molecule has 4 rings (SSSR count). The van der Waals surface area contributed by atoms with E-state index < -0.39 is 0 Å². The Morgan fingerprint density at radius 2 is 1.77 bits per heavy atom. The molecule has 0 spiro atoms. The lowest BCUT2D eigenvalue weighted by molar-refractivity contribution is 0.128. The van der Waals surface area contributed by atoms with Crippen LogP contribution in [0, 0.1) is 11.3 Å². The van der Waals surface area contributed by atoms with E-state index in [1.807, 2.05) is 55.5 Å². The highest BCUT2D eigenvalue weighted by Gasteiger charge is 2.30. The molecule has 2 N–H and O–H groups in total. The van der Waals surface area contributed by atoms with E-state index in [0.29, 0.717) is 18.2 Å². The van der Waals surface area contributed by atoms with E-state index >= 15 is 0 Å². The number of ether oxygens (including phenoxy) is 2. The number of amides is 1. The van der Waals surface area contributed by atoms with Gasteiger partial charge in [0.1, 0.15) is 12.4 Å². The molecule has 0 aromatic heterocycles. The summed E-state index contributed by atoms with van der Waals surface area (Å²) in [6, 6.07) is 18.3. The highest BCUT2D eigenvalue weighted by Crippen LogP contribution is 2.24. The van der Waals surface area contributed by atoms with Gasteiger partial charge in [0.25, 0.3) is 0 Å². The zero-order valence-electron chi connectivity index (χ0n) is 20.5. The molecule has 7 nitrogen and oxygen atoms in total. The number of rotatable bonds is 8. The fourth-order valence-electron chi connectivity index (χ4n) is 5.09. The first kappa shape index (κ1) is 24.9. The number of hydrogen-bond acceptors (Lipinski definition) is 6. The summed E-state index contributed by atoms with van der Waals surface area (Å²) in [7, 11) is 0. The second-order valence-electron chi connectivity index (χ2n) is 9.41. The highest BCUT2D eigenvalue weighted by atomic mass is 16.5. The molecular weight excluding hydrogens is 440 g/mol. The van der Waals surface area contributed by atoms with Crippen molar-refractivity contribution in [2.75, 3.05) is 24.6 Å². The fourth-order valence-corrected chi connectivity index (χ4v) is 5.09. The maximum Gasteiger partial charge on any atom is 0.407 e. The normalized spacial score (nSPS) is 22.2.